The Labute approximate surface area is 228 Å². The zero-order chi connectivity index (χ0) is 28.2. The van der Waals surface area contributed by atoms with Crippen LogP contribution < -0.4 is 0 Å². The Morgan fingerprint density at radius 1 is 1.11 bits per heavy atom. The third-order valence-corrected chi connectivity index (χ3v) is 13.8. The van der Waals surface area contributed by atoms with E-state index in [0.29, 0.717) is 30.2 Å². The van der Waals surface area contributed by atoms with Crippen molar-refractivity contribution in [2.24, 2.45) is 0 Å². The Bertz CT molecular complexity index is 1180. The summed E-state index contributed by atoms with van der Waals surface area (Å²) in [4.78, 5) is 18.8. The fraction of sp³-hybridized carbons (Fsp3) is 0.630. The molecule has 2 aromatic rings. The number of sulfone groups is 1. The van der Waals surface area contributed by atoms with Crippen molar-refractivity contribution in [2.75, 3.05) is 13.2 Å². The minimum atomic E-state index is -4.00. The number of ether oxygens (including phenoxy) is 1. The molecule has 0 saturated heterocycles. The quantitative estimate of drug-likeness (QED) is 0.218. The average Bonchev–Trinajstić information content (AvgIpc) is 2.75. The van der Waals surface area contributed by atoms with Crippen LogP contribution in [0.15, 0.2) is 35.5 Å². The second kappa shape index (κ2) is 12.0. The van der Waals surface area contributed by atoms with Crippen molar-refractivity contribution in [3.05, 3.63) is 35.6 Å². The molecule has 37 heavy (non-hydrogen) atoms. The molecule has 1 heterocycles. The third-order valence-electron chi connectivity index (χ3n) is 6.75. The van der Waals surface area contributed by atoms with Crippen molar-refractivity contribution in [2.45, 2.75) is 102 Å². The number of hydrogen-bond acceptors (Lipinski definition) is 6. The van der Waals surface area contributed by atoms with E-state index in [1.54, 1.807) is 46.0 Å². The number of pyridine rings is 1. The Morgan fingerprint density at radius 2 is 1.76 bits per heavy atom. The highest BCUT2D eigenvalue weighted by Gasteiger charge is 2.38. The summed E-state index contributed by atoms with van der Waals surface area (Å²) in [5, 5.41) is 0.266. The van der Waals surface area contributed by atoms with Gasteiger partial charge in [0.2, 0.25) is 0 Å². The first-order valence-electron chi connectivity index (χ1n) is 12.8. The monoisotopic (exact) mass is 570 g/mol. The van der Waals surface area contributed by atoms with Crippen molar-refractivity contribution in [3.63, 3.8) is 0 Å². The van der Waals surface area contributed by atoms with Crippen LogP contribution in [0, 0.1) is 0 Å². The SMILES string of the molecule is CCC(N(CCCCO[Si](C)(C)C(C)(C)C)C(=O)OC(C)(C)C)S(=O)(=O)c1cccc2cncc(Cl)c12. The highest BCUT2D eigenvalue weighted by atomic mass is 35.5. The molecule has 0 fully saturated rings. The van der Waals surface area contributed by atoms with Crippen LogP contribution in [0.25, 0.3) is 10.8 Å². The molecule has 7 nitrogen and oxygen atoms in total. The molecule has 0 aliphatic rings. The molecule has 0 spiro atoms. The summed E-state index contributed by atoms with van der Waals surface area (Å²) in [6.07, 6.45) is 3.84. The van der Waals surface area contributed by atoms with Gasteiger partial charge in [0.25, 0.3) is 0 Å². The van der Waals surface area contributed by atoms with E-state index in [2.05, 4.69) is 38.8 Å². The van der Waals surface area contributed by atoms with Gasteiger partial charge in [0, 0.05) is 36.3 Å². The lowest BCUT2D eigenvalue weighted by molar-refractivity contribution is 0.0213. The van der Waals surface area contributed by atoms with E-state index in [-0.39, 0.29) is 27.9 Å². The van der Waals surface area contributed by atoms with E-state index in [1.165, 1.54) is 17.2 Å². The number of fused-ring (bicyclic) bond motifs is 1. The average molecular weight is 571 g/mol. The number of hydrogen-bond donors (Lipinski definition) is 0. The summed E-state index contributed by atoms with van der Waals surface area (Å²) in [6, 6.07) is 4.96. The first kappa shape index (κ1) is 31.5. The van der Waals surface area contributed by atoms with Gasteiger partial charge in [-0.2, -0.15) is 0 Å². The second-order valence-electron chi connectivity index (χ2n) is 11.9. The molecular weight excluding hydrogens is 528 g/mol. The summed E-state index contributed by atoms with van der Waals surface area (Å²) < 4.78 is 40.0. The largest absolute Gasteiger partial charge is 0.444 e. The number of aromatic nitrogens is 1. The highest BCUT2D eigenvalue weighted by molar-refractivity contribution is 7.92. The zero-order valence-electron chi connectivity index (χ0n) is 23.7. The number of amides is 1. The molecule has 208 valence electrons. The van der Waals surface area contributed by atoms with Gasteiger partial charge in [-0.15, -0.1) is 0 Å². The van der Waals surface area contributed by atoms with Gasteiger partial charge in [0.15, 0.2) is 18.2 Å². The molecule has 1 amide bonds. The van der Waals surface area contributed by atoms with E-state index in [9.17, 15) is 13.2 Å². The summed E-state index contributed by atoms with van der Waals surface area (Å²) in [6.45, 7) is 18.8. The van der Waals surface area contributed by atoms with Crippen molar-refractivity contribution in [3.8, 4) is 0 Å². The van der Waals surface area contributed by atoms with Crippen LogP contribution in [-0.4, -0.2) is 56.8 Å². The zero-order valence-corrected chi connectivity index (χ0v) is 26.3. The maximum atomic E-state index is 14.0. The van der Waals surface area contributed by atoms with Crippen LogP contribution in [-0.2, 0) is 19.0 Å². The second-order valence-corrected chi connectivity index (χ2v) is 19.2. The molecule has 0 N–H and O–H groups in total. The predicted molar refractivity (Wildman–Crippen MR) is 153 cm³/mol. The normalized spacial score (nSPS) is 14.0. The molecule has 0 aliphatic heterocycles. The number of carbonyl (C=O) groups excluding carboxylic acids is 1. The number of unbranched alkanes of at least 4 members (excludes halogenated alkanes) is 1. The fourth-order valence-electron chi connectivity index (χ4n) is 3.75. The maximum absolute atomic E-state index is 14.0. The van der Waals surface area contributed by atoms with Gasteiger partial charge in [-0.1, -0.05) is 51.4 Å². The van der Waals surface area contributed by atoms with Crippen LogP contribution in [0.4, 0.5) is 4.79 Å². The van der Waals surface area contributed by atoms with Gasteiger partial charge in [-0.25, -0.2) is 13.2 Å². The molecule has 1 aromatic heterocycles. The summed E-state index contributed by atoms with van der Waals surface area (Å²) in [5.41, 5.74) is -0.767. The molecule has 10 heteroatoms. The summed E-state index contributed by atoms with van der Waals surface area (Å²) >= 11 is 6.39. The Balaban J connectivity index is 2.35. The van der Waals surface area contributed by atoms with Crippen LogP contribution in [0.3, 0.4) is 0 Å². The van der Waals surface area contributed by atoms with Crippen molar-refractivity contribution < 1.29 is 22.4 Å². The predicted octanol–water partition coefficient (Wildman–Crippen LogP) is 7.44. The van der Waals surface area contributed by atoms with Crippen LogP contribution in [0.1, 0.15) is 67.7 Å². The van der Waals surface area contributed by atoms with Gasteiger partial charge < -0.3 is 9.16 Å². The lowest BCUT2D eigenvalue weighted by Gasteiger charge is -2.36. The van der Waals surface area contributed by atoms with Crippen LogP contribution in [0.2, 0.25) is 23.2 Å². The van der Waals surface area contributed by atoms with Crippen LogP contribution in [0.5, 0.6) is 0 Å². The number of nitrogens with zero attached hydrogens (tertiary/aromatic N) is 2. The highest BCUT2D eigenvalue weighted by Crippen LogP contribution is 2.37. The molecule has 0 aliphatic carbocycles. The molecule has 1 atom stereocenters. The van der Waals surface area contributed by atoms with Gasteiger partial charge in [-0.05, 0) is 64.2 Å². The molecule has 0 radical (unpaired) electrons. The maximum Gasteiger partial charge on any atom is 0.411 e. The molecule has 2 rings (SSSR count). The molecule has 1 aromatic carbocycles. The Kier molecular flexibility index (Phi) is 10.2. The molecule has 1 unspecified atom stereocenters. The first-order chi connectivity index (χ1) is 16.9. The first-order valence-corrected chi connectivity index (χ1v) is 17.7. The molecule has 0 bridgehead atoms. The van der Waals surface area contributed by atoms with E-state index in [0.717, 1.165) is 0 Å². The standard InChI is InChI=1S/C27H43ClN2O5SSi/c1-10-23(36(32,33)22-15-13-14-20-18-29-19-21(28)24(20)22)30(25(31)35-26(2,3)4)16-11-12-17-34-37(8,9)27(5,6)7/h13-15,18-19,23H,10-12,16-17H2,1-9H3. The third kappa shape index (κ3) is 7.91. The van der Waals surface area contributed by atoms with Crippen molar-refractivity contribution >= 4 is 46.6 Å². The van der Waals surface area contributed by atoms with Crippen molar-refractivity contribution in [1.82, 2.24) is 9.88 Å². The van der Waals surface area contributed by atoms with Crippen molar-refractivity contribution in [1.29, 1.82) is 0 Å². The molecular formula is C27H43ClN2O5SSi. The lowest BCUT2D eigenvalue weighted by Crippen LogP contribution is -2.47. The summed E-state index contributed by atoms with van der Waals surface area (Å²) in [5.74, 6) is 0. The number of halogens is 1. The lowest BCUT2D eigenvalue weighted by atomic mass is 10.2. The van der Waals surface area contributed by atoms with Gasteiger partial charge in [0.1, 0.15) is 11.0 Å². The van der Waals surface area contributed by atoms with E-state index in [1.807, 2.05) is 0 Å². The van der Waals surface area contributed by atoms with Gasteiger partial charge in [0.05, 0.1) is 9.92 Å². The number of rotatable bonds is 10. The van der Waals surface area contributed by atoms with E-state index in [4.69, 9.17) is 20.8 Å². The van der Waals surface area contributed by atoms with E-state index < -0.39 is 35.2 Å². The van der Waals surface area contributed by atoms with Crippen LogP contribution >= 0.6 is 11.6 Å². The smallest absolute Gasteiger partial charge is 0.411 e. The summed E-state index contributed by atoms with van der Waals surface area (Å²) in [7, 11) is -5.89. The minimum Gasteiger partial charge on any atom is -0.444 e. The van der Waals surface area contributed by atoms with E-state index >= 15 is 0 Å². The Morgan fingerprint density at radius 3 is 2.32 bits per heavy atom. The fourth-order valence-corrected chi connectivity index (χ4v) is 7.20. The number of carbonyl (C=O) groups is 1. The topological polar surface area (TPSA) is 85.8 Å². The molecule has 0 saturated carbocycles. The Hall–Kier alpha value is -1.68. The van der Waals surface area contributed by atoms with Gasteiger partial charge in [-0.3, -0.25) is 9.88 Å². The minimum absolute atomic E-state index is 0.0825. The van der Waals surface area contributed by atoms with Gasteiger partial charge >= 0.3 is 6.09 Å². The number of benzene rings is 1.